The van der Waals surface area contributed by atoms with E-state index in [2.05, 4.69) is 4.98 Å². The standard InChI is InChI=1S/C13H11ClN2O4/c1-8(17)11-4-3-10(7-15-11)20-13-5-2-9(14)6-12(13)16(18)19/h2-8,17H,1H3/t8-/m1/s1. The molecule has 1 heterocycles. The molecule has 0 bridgehead atoms. The van der Waals surface area contributed by atoms with E-state index >= 15 is 0 Å². The molecule has 0 aliphatic rings. The van der Waals surface area contributed by atoms with E-state index in [1.54, 1.807) is 19.1 Å². The number of rotatable bonds is 4. The van der Waals surface area contributed by atoms with Crippen molar-refractivity contribution in [3.05, 3.63) is 57.4 Å². The van der Waals surface area contributed by atoms with Gasteiger partial charge >= 0.3 is 5.69 Å². The lowest BCUT2D eigenvalue weighted by atomic mass is 10.2. The molecule has 104 valence electrons. The van der Waals surface area contributed by atoms with Crippen LogP contribution in [0.25, 0.3) is 0 Å². The van der Waals surface area contributed by atoms with E-state index < -0.39 is 11.0 Å². The van der Waals surface area contributed by atoms with Crippen molar-refractivity contribution in [2.45, 2.75) is 13.0 Å². The second-order valence-corrected chi connectivity index (χ2v) is 4.50. The Labute approximate surface area is 119 Å². The van der Waals surface area contributed by atoms with E-state index in [-0.39, 0.29) is 16.5 Å². The first-order valence-electron chi connectivity index (χ1n) is 5.73. The van der Waals surface area contributed by atoms with Crippen LogP contribution in [0.2, 0.25) is 5.02 Å². The molecule has 2 rings (SSSR count). The normalized spacial score (nSPS) is 11.9. The minimum absolute atomic E-state index is 0.0750. The zero-order valence-electron chi connectivity index (χ0n) is 10.5. The predicted molar refractivity (Wildman–Crippen MR) is 73.1 cm³/mol. The molecule has 6 nitrogen and oxygen atoms in total. The maximum atomic E-state index is 10.9. The Bertz CT molecular complexity index is 629. The molecule has 1 atom stereocenters. The summed E-state index contributed by atoms with van der Waals surface area (Å²) < 4.78 is 5.42. The van der Waals surface area contributed by atoms with Gasteiger partial charge in [-0.25, -0.2) is 0 Å². The van der Waals surface area contributed by atoms with Gasteiger partial charge in [-0.15, -0.1) is 0 Å². The van der Waals surface area contributed by atoms with Gasteiger partial charge in [-0.3, -0.25) is 15.1 Å². The topological polar surface area (TPSA) is 85.5 Å². The number of nitrogens with zero attached hydrogens (tertiary/aromatic N) is 2. The van der Waals surface area contributed by atoms with Crippen LogP contribution in [0.1, 0.15) is 18.7 Å². The SMILES string of the molecule is C[C@@H](O)c1ccc(Oc2ccc(Cl)cc2[N+](=O)[O-])cn1. The van der Waals surface area contributed by atoms with Crippen LogP contribution in [0.4, 0.5) is 5.69 Å². The van der Waals surface area contributed by atoms with Crippen molar-refractivity contribution < 1.29 is 14.8 Å². The molecule has 0 unspecified atom stereocenters. The molecule has 0 amide bonds. The van der Waals surface area contributed by atoms with Gasteiger partial charge in [-0.05, 0) is 31.2 Å². The van der Waals surface area contributed by atoms with Gasteiger partial charge in [0.2, 0.25) is 5.75 Å². The molecule has 1 aromatic carbocycles. The average molecular weight is 295 g/mol. The molecule has 0 aliphatic heterocycles. The number of hydrogen-bond acceptors (Lipinski definition) is 5. The van der Waals surface area contributed by atoms with Crippen LogP contribution >= 0.6 is 11.6 Å². The molecule has 0 saturated heterocycles. The minimum Gasteiger partial charge on any atom is -0.449 e. The summed E-state index contributed by atoms with van der Waals surface area (Å²) in [5.74, 6) is 0.408. The molecular weight excluding hydrogens is 284 g/mol. The summed E-state index contributed by atoms with van der Waals surface area (Å²) in [7, 11) is 0. The number of benzene rings is 1. The third-order valence-electron chi connectivity index (χ3n) is 2.53. The number of aromatic nitrogens is 1. The summed E-state index contributed by atoms with van der Waals surface area (Å²) in [6.07, 6.45) is 0.703. The molecule has 2 aromatic rings. The van der Waals surface area contributed by atoms with Crippen LogP contribution in [0, 0.1) is 10.1 Å². The van der Waals surface area contributed by atoms with Crippen molar-refractivity contribution in [3.8, 4) is 11.5 Å². The second-order valence-electron chi connectivity index (χ2n) is 4.07. The highest BCUT2D eigenvalue weighted by atomic mass is 35.5. The van der Waals surface area contributed by atoms with Gasteiger partial charge in [0.25, 0.3) is 0 Å². The first-order chi connectivity index (χ1) is 9.47. The lowest BCUT2D eigenvalue weighted by Crippen LogP contribution is -1.96. The van der Waals surface area contributed by atoms with E-state index in [0.717, 1.165) is 0 Å². The molecule has 0 saturated carbocycles. The number of pyridine rings is 1. The third kappa shape index (κ3) is 3.23. The Morgan fingerprint density at radius 3 is 2.70 bits per heavy atom. The van der Waals surface area contributed by atoms with Crippen LogP contribution in [-0.2, 0) is 0 Å². The van der Waals surface area contributed by atoms with E-state index in [9.17, 15) is 15.2 Å². The summed E-state index contributed by atoms with van der Waals surface area (Å²) in [6, 6.07) is 7.30. The van der Waals surface area contributed by atoms with Crippen molar-refractivity contribution >= 4 is 17.3 Å². The van der Waals surface area contributed by atoms with Gasteiger partial charge in [0.05, 0.1) is 22.9 Å². The summed E-state index contributed by atoms with van der Waals surface area (Å²) in [5, 5.41) is 20.5. The number of halogens is 1. The van der Waals surface area contributed by atoms with E-state index in [1.807, 2.05) is 0 Å². The van der Waals surface area contributed by atoms with Crippen molar-refractivity contribution in [1.29, 1.82) is 0 Å². The highest BCUT2D eigenvalue weighted by Gasteiger charge is 2.16. The summed E-state index contributed by atoms with van der Waals surface area (Å²) >= 11 is 5.72. The minimum atomic E-state index is -0.686. The fourth-order valence-electron chi connectivity index (χ4n) is 1.55. The molecule has 7 heteroatoms. The van der Waals surface area contributed by atoms with Crippen molar-refractivity contribution in [3.63, 3.8) is 0 Å². The Morgan fingerprint density at radius 2 is 2.15 bits per heavy atom. The molecule has 0 fully saturated rings. The zero-order chi connectivity index (χ0) is 14.7. The highest BCUT2D eigenvalue weighted by Crippen LogP contribution is 2.33. The van der Waals surface area contributed by atoms with Crippen molar-refractivity contribution in [2.24, 2.45) is 0 Å². The van der Waals surface area contributed by atoms with Crippen molar-refractivity contribution in [1.82, 2.24) is 4.98 Å². The molecule has 1 aromatic heterocycles. The molecule has 20 heavy (non-hydrogen) atoms. The smallest absolute Gasteiger partial charge is 0.313 e. The Kier molecular flexibility index (Phi) is 4.16. The number of hydrogen-bond donors (Lipinski definition) is 1. The summed E-state index contributed by atoms with van der Waals surface area (Å²) in [5.41, 5.74) is 0.264. The molecule has 0 aliphatic carbocycles. The van der Waals surface area contributed by atoms with Gasteiger partial charge < -0.3 is 9.84 Å². The van der Waals surface area contributed by atoms with Crippen LogP contribution in [0.3, 0.4) is 0 Å². The third-order valence-corrected chi connectivity index (χ3v) is 2.77. The van der Waals surface area contributed by atoms with Crippen molar-refractivity contribution in [2.75, 3.05) is 0 Å². The quantitative estimate of drug-likeness (QED) is 0.689. The van der Waals surface area contributed by atoms with E-state index in [4.69, 9.17) is 16.3 Å². The number of ether oxygens (including phenoxy) is 1. The molecule has 1 N–H and O–H groups in total. The Morgan fingerprint density at radius 1 is 1.40 bits per heavy atom. The predicted octanol–water partition coefficient (Wildman–Crippen LogP) is 3.49. The van der Waals surface area contributed by atoms with Crippen LogP contribution in [0.15, 0.2) is 36.5 Å². The first kappa shape index (κ1) is 14.2. The lowest BCUT2D eigenvalue weighted by molar-refractivity contribution is -0.385. The lowest BCUT2D eigenvalue weighted by Gasteiger charge is -2.08. The monoisotopic (exact) mass is 294 g/mol. The summed E-state index contributed by atoms with van der Waals surface area (Å²) in [6.45, 7) is 1.59. The summed E-state index contributed by atoms with van der Waals surface area (Å²) in [4.78, 5) is 14.4. The fraction of sp³-hybridized carbons (Fsp3) is 0.154. The van der Waals surface area contributed by atoms with Crippen LogP contribution in [-0.4, -0.2) is 15.0 Å². The average Bonchev–Trinajstić information content (AvgIpc) is 2.41. The van der Waals surface area contributed by atoms with Gasteiger partial charge in [-0.1, -0.05) is 11.6 Å². The number of nitro benzene ring substituents is 1. The Balaban J connectivity index is 2.28. The van der Waals surface area contributed by atoms with Crippen LogP contribution in [0.5, 0.6) is 11.5 Å². The van der Waals surface area contributed by atoms with Gasteiger partial charge in [0.1, 0.15) is 5.75 Å². The Hall–Kier alpha value is -2.18. The molecule has 0 radical (unpaired) electrons. The first-order valence-corrected chi connectivity index (χ1v) is 6.11. The number of aliphatic hydroxyl groups excluding tert-OH is 1. The maximum Gasteiger partial charge on any atom is 0.313 e. The number of aliphatic hydroxyl groups is 1. The maximum absolute atomic E-state index is 10.9. The van der Waals surface area contributed by atoms with Gasteiger partial charge in [0.15, 0.2) is 0 Å². The zero-order valence-corrected chi connectivity index (χ0v) is 11.2. The second kappa shape index (κ2) is 5.85. The largest absolute Gasteiger partial charge is 0.449 e. The van der Waals surface area contributed by atoms with Crippen LogP contribution < -0.4 is 4.74 Å². The molecular formula is C13H11ClN2O4. The number of nitro groups is 1. The van der Waals surface area contributed by atoms with E-state index in [0.29, 0.717) is 11.4 Å². The fourth-order valence-corrected chi connectivity index (χ4v) is 1.71. The highest BCUT2D eigenvalue weighted by molar-refractivity contribution is 6.30. The molecule has 0 spiro atoms. The van der Waals surface area contributed by atoms with Gasteiger partial charge in [0, 0.05) is 11.1 Å². The van der Waals surface area contributed by atoms with Gasteiger partial charge in [-0.2, -0.15) is 0 Å². The van der Waals surface area contributed by atoms with E-state index in [1.165, 1.54) is 24.4 Å².